The first-order valence-electron chi connectivity index (χ1n) is 7.50. The van der Waals surface area contributed by atoms with Crippen LogP contribution in [0.3, 0.4) is 0 Å². The minimum Gasteiger partial charge on any atom is -0.492 e. The third kappa shape index (κ3) is 4.45. The van der Waals surface area contributed by atoms with E-state index >= 15 is 0 Å². The molecule has 2 heterocycles. The predicted octanol–water partition coefficient (Wildman–Crippen LogP) is 4.08. The number of hydrogen-bond donors (Lipinski definition) is 1. The summed E-state index contributed by atoms with van der Waals surface area (Å²) in [5.74, 6) is -0.408. The standard InChI is InChI=1S/C16H24O4S/c1-16(2,3)13-10-12(14(21-13)15(17)18)20-9-5-7-11-6-4-8-19-11/h10-11H,4-9H2,1-3H3,(H,17,18). The van der Waals surface area contributed by atoms with Crippen LogP contribution >= 0.6 is 11.3 Å². The van der Waals surface area contributed by atoms with Gasteiger partial charge >= 0.3 is 5.97 Å². The van der Waals surface area contributed by atoms with Crippen LogP contribution in [0.1, 0.15) is 61.0 Å². The third-order valence-corrected chi connectivity index (χ3v) is 5.11. The number of carboxylic acids is 1. The number of hydrogen-bond acceptors (Lipinski definition) is 4. The van der Waals surface area contributed by atoms with Crippen LogP contribution in [0.5, 0.6) is 5.75 Å². The molecule has 0 bridgehead atoms. The highest BCUT2D eigenvalue weighted by atomic mass is 32.1. The molecule has 1 unspecified atom stereocenters. The molecule has 0 saturated carbocycles. The van der Waals surface area contributed by atoms with Gasteiger partial charge in [0.1, 0.15) is 5.75 Å². The molecule has 1 aromatic heterocycles. The molecule has 1 saturated heterocycles. The van der Waals surface area contributed by atoms with Crippen molar-refractivity contribution < 1.29 is 19.4 Å². The lowest BCUT2D eigenvalue weighted by Gasteiger charge is -2.15. The number of rotatable bonds is 6. The van der Waals surface area contributed by atoms with E-state index in [9.17, 15) is 9.90 Å². The molecule has 1 aromatic rings. The first-order valence-corrected chi connectivity index (χ1v) is 8.31. The first kappa shape index (κ1) is 16.3. The fraction of sp³-hybridized carbons (Fsp3) is 0.688. The van der Waals surface area contributed by atoms with Crippen molar-refractivity contribution in [1.82, 2.24) is 0 Å². The van der Waals surface area contributed by atoms with Crippen molar-refractivity contribution in [2.75, 3.05) is 13.2 Å². The number of thiophene rings is 1. The molecule has 0 amide bonds. The molecule has 1 atom stereocenters. The zero-order valence-corrected chi connectivity index (χ0v) is 13.8. The van der Waals surface area contributed by atoms with Crippen molar-refractivity contribution in [1.29, 1.82) is 0 Å². The highest BCUT2D eigenvalue weighted by Gasteiger charge is 2.23. The molecule has 5 heteroatoms. The van der Waals surface area contributed by atoms with Crippen LogP contribution in [0.25, 0.3) is 0 Å². The molecule has 1 aliphatic heterocycles. The molecule has 0 aromatic carbocycles. The van der Waals surface area contributed by atoms with Gasteiger partial charge in [0.2, 0.25) is 0 Å². The molecule has 21 heavy (non-hydrogen) atoms. The zero-order valence-electron chi connectivity index (χ0n) is 13.0. The highest BCUT2D eigenvalue weighted by Crippen LogP contribution is 2.36. The molecular weight excluding hydrogens is 288 g/mol. The molecule has 1 N–H and O–H groups in total. The fourth-order valence-electron chi connectivity index (χ4n) is 2.37. The molecule has 2 rings (SSSR count). The summed E-state index contributed by atoms with van der Waals surface area (Å²) in [6.07, 6.45) is 4.52. The third-order valence-electron chi connectivity index (χ3n) is 3.58. The van der Waals surface area contributed by atoms with E-state index in [2.05, 4.69) is 20.8 Å². The van der Waals surface area contributed by atoms with E-state index in [1.54, 1.807) is 0 Å². The minimum absolute atomic E-state index is 0.0613. The Bertz CT molecular complexity index is 481. The van der Waals surface area contributed by atoms with Gasteiger partial charge in [0.05, 0.1) is 12.7 Å². The van der Waals surface area contributed by atoms with Gasteiger partial charge in [-0.3, -0.25) is 0 Å². The second-order valence-corrected chi connectivity index (χ2v) is 7.54. The summed E-state index contributed by atoms with van der Waals surface area (Å²) in [6, 6.07) is 1.88. The average molecular weight is 312 g/mol. The maximum Gasteiger partial charge on any atom is 0.349 e. The maximum absolute atomic E-state index is 11.3. The smallest absolute Gasteiger partial charge is 0.349 e. The van der Waals surface area contributed by atoms with E-state index in [-0.39, 0.29) is 5.41 Å². The van der Waals surface area contributed by atoms with Crippen LogP contribution in [0, 0.1) is 0 Å². The number of aromatic carboxylic acids is 1. The average Bonchev–Trinajstić information content (AvgIpc) is 3.03. The fourth-order valence-corrected chi connectivity index (χ4v) is 3.36. The van der Waals surface area contributed by atoms with Crippen LogP contribution in [0.2, 0.25) is 0 Å². The monoisotopic (exact) mass is 312 g/mol. The van der Waals surface area contributed by atoms with E-state index in [1.165, 1.54) is 11.3 Å². The number of carbonyl (C=O) groups is 1. The van der Waals surface area contributed by atoms with Crippen molar-refractivity contribution >= 4 is 17.3 Å². The van der Waals surface area contributed by atoms with E-state index in [0.717, 1.165) is 37.2 Å². The van der Waals surface area contributed by atoms with Crippen LogP contribution < -0.4 is 4.74 Å². The molecular formula is C16H24O4S. The summed E-state index contributed by atoms with van der Waals surface area (Å²) >= 11 is 1.31. The molecule has 118 valence electrons. The van der Waals surface area contributed by atoms with Crippen molar-refractivity contribution in [2.24, 2.45) is 0 Å². The van der Waals surface area contributed by atoms with Crippen molar-refractivity contribution in [3.05, 3.63) is 15.8 Å². The summed E-state index contributed by atoms with van der Waals surface area (Å²) < 4.78 is 11.3. The lowest BCUT2D eigenvalue weighted by molar-refractivity contribution is 0.0696. The van der Waals surface area contributed by atoms with Crippen LogP contribution in [-0.2, 0) is 10.2 Å². The van der Waals surface area contributed by atoms with Crippen LogP contribution in [0.15, 0.2) is 6.07 Å². The normalized spacial score (nSPS) is 18.9. The Kier molecular flexibility index (Phi) is 5.27. The van der Waals surface area contributed by atoms with E-state index in [4.69, 9.17) is 9.47 Å². The molecule has 0 radical (unpaired) electrons. The van der Waals surface area contributed by atoms with Gasteiger partial charge in [-0.25, -0.2) is 4.79 Å². The quantitative estimate of drug-likeness (QED) is 0.804. The first-order chi connectivity index (χ1) is 9.88. The molecule has 1 fully saturated rings. The molecule has 4 nitrogen and oxygen atoms in total. The summed E-state index contributed by atoms with van der Waals surface area (Å²) in [7, 11) is 0. The SMILES string of the molecule is CC(C)(C)c1cc(OCCCC2CCCO2)c(C(=O)O)s1. The maximum atomic E-state index is 11.3. The Morgan fingerprint density at radius 2 is 2.29 bits per heavy atom. The Labute approximate surface area is 130 Å². The topological polar surface area (TPSA) is 55.8 Å². The summed E-state index contributed by atoms with van der Waals surface area (Å²) in [6.45, 7) is 7.64. The Morgan fingerprint density at radius 3 is 2.86 bits per heavy atom. The van der Waals surface area contributed by atoms with Gasteiger partial charge in [-0.15, -0.1) is 11.3 Å². The van der Waals surface area contributed by atoms with Crippen molar-refractivity contribution in [3.63, 3.8) is 0 Å². The second kappa shape index (κ2) is 6.79. The molecule has 0 aliphatic carbocycles. The number of carboxylic acid groups (broad SMARTS) is 1. The van der Waals surface area contributed by atoms with Gasteiger partial charge < -0.3 is 14.6 Å². The summed E-state index contributed by atoms with van der Waals surface area (Å²) in [4.78, 5) is 12.7. The van der Waals surface area contributed by atoms with E-state index in [0.29, 0.717) is 23.3 Å². The highest BCUT2D eigenvalue weighted by molar-refractivity contribution is 7.14. The Morgan fingerprint density at radius 1 is 1.52 bits per heavy atom. The van der Waals surface area contributed by atoms with Gasteiger partial charge in [0.25, 0.3) is 0 Å². The van der Waals surface area contributed by atoms with Crippen LogP contribution in [-0.4, -0.2) is 30.4 Å². The summed E-state index contributed by atoms with van der Waals surface area (Å²) in [5.41, 5.74) is -0.0613. The number of ether oxygens (including phenoxy) is 2. The molecule has 0 spiro atoms. The van der Waals surface area contributed by atoms with Crippen molar-refractivity contribution in [3.8, 4) is 5.75 Å². The zero-order chi connectivity index (χ0) is 15.5. The lowest BCUT2D eigenvalue weighted by atomic mass is 9.95. The van der Waals surface area contributed by atoms with Crippen LogP contribution in [0.4, 0.5) is 0 Å². The Hall–Kier alpha value is -1.07. The van der Waals surface area contributed by atoms with Gasteiger partial charge in [-0.1, -0.05) is 20.8 Å². The summed E-state index contributed by atoms with van der Waals surface area (Å²) in [5, 5.41) is 9.28. The predicted molar refractivity (Wildman–Crippen MR) is 83.7 cm³/mol. The minimum atomic E-state index is -0.912. The van der Waals surface area contributed by atoms with E-state index < -0.39 is 5.97 Å². The van der Waals surface area contributed by atoms with Gasteiger partial charge in [-0.2, -0.15) is 0 Å². The van der Waals surface area contributed by atoms with Gasteiger partial charge in [-0.05, 0) is 37.2 Å². The van der Waals surface area contributed by atoms with Gasteiger partial charge in [0, 0.05) is 11.5 Å². The van der Waals surface area contributed by atoms with Crippen molar-refractivity contribution in [2.45, 2.75) is 58.0 Å². The Balaban J connectivity index is 1.91. The largest absolute Gasteiger partial charge is 0.492 e. The lowest BCUT2D eigenvalue weighted by Crippen LogP contribution is -2.08. The molecule has 1 aliphatic rings. The van der Waals surface area contributed by atoms with E-state index in [1.807, 2.05) is 6.07 Å². The van der Waals surface area contributed by atoms with Gasteiger partial charge in [0.15, 0.2) is 4.88 Å². The second-order valence-electron chi connectivity index (χ2n) is 6.48.